The van der Waals surface area contributed by atoms with Gasteiger partial charge in [0, 0.05) is 0 Å². The first kappa shape index (κ1) is 10.6. The maximum Gasteiger partial charge on any atom is 0.135 e. The molecular weight excluding hydrogens is 180 g/mol. The topological polar surface area (TPSA) is 49.4 Å². The number of carboxylic acid groups (broad SMARTS) is 1. The van der Waals surface area contributed by atoms with Crippen molar-refractivity contribution in [3.05, 3.63) is 29.3 Å². The summed E-state index contributed by atoms with van der Waals surface area (Å²) in [7, 11) is 0. The standard InChI is InChI=1S/C11H14O3/c1-7-4-5-10(6-8(7)2)14-9(3)11(12)13/h4-6,9H,1-3H3,(H,12,13)/p-1/t9-/m0/s1. The third-order valence-electron chi connectivity index (χ3n) is 2.12. The van der Waals surface area contributed by atoms with E-state index < -0.39 is 12.1 Å². The number of aliphatic carboxylic acids is 1. The second kappa shape index (κ2) is 4.13. The van der Waals surface area contributed by atoms with Gasteiger partial charge in [-0.05, 0) is 44.0 Å². The van der Waals surface area contributed by atoms with Gasteiger partial charge in [-0.25, -0.2) is 0 Å². The van der Waals surface area contributed by atoms with E-state index in [9.17, 15) is 9.90 Å². The van der Waals surface area contributed by atoms with Crippen LogP contribution in [0, 0.1) is 13.8 Å². The summed E-state index contributed by atoms with van der Waals surface area (Å²) < 4.78 is 5.15. The number of rotatable bonds is 3. The van der Waals surface area contributed by atoms with Gasteiger partial charge in [0.05, 0.1) is 5.97 Å². The molecule has 0 saturated heterocycles. The lowest BCUT2D eigenvalue weighted by Gasteiger charge is -2.16. The number of benzene rings is 1. The molecule has 0 amide bonds. The largest absolute Gasteiger partial charge is 0.546 e. The van der Waals surface area contributed by atoms with Crippen molar-refractivity contribution in [2.75, 3.05) is 0 Å². The Morgan fingerprint density at radius 3 is 2.50 bits per heavy atom. The molecular formula is C11H13O3-. The van der Waals surface area contributed by atoms with Crippen molar-refractivity contribution < 1.29 is 14.6 Å². The van der Waals surface area contributed by atoms with Crippen LogP contribution in [0.5, 0.6) is 5.75 Å². The molecule has 1 aromatic rings. The third kappa shape index (κ3) is 2.49. The first-order valence-electron chi connectivity index (χ1n) is 4.45. The Hall–Kier alpha value is -1.51. The fourth-order valence-corrected chi connectivity index (χ4v) is 1.04. The number of carboxylic acids is 1. The molecule has 14 heavy (non-hydrogen) atoms. The first-order valence-corrected chi connectivity index (χ1v) is 4.45. The lowest BCUT2D eigenvalue weighted by molar-refractivity contribution is -0.312. The van der Waals surface area contributed by atoms with Gasteiger partial charge >= 0.3 is 0 Å². The minimum absolute atomic E-state index is 0.560. The maximum absolute atomic E-state index is 10.4. The summed E-state index contributed by atoms with van der Waals surface area (Å²) in [4.78, 5) is 10.4. The molecule has 76 valence electrons. The van der Waals surface area contributed by atoms with Crippen LogP contribution in [0.1, 0.15) is 18.1 Å². The average molecular weight is 193 g/mol. The van der Waals surface area contributed by atoms with E-state index in [1.54, 1.807) is 6.07 Å². The molecule has 0 saturated carbocycles. The number of hydrogen-bond acceptors (Lipinski definition) is 3. The molecule has 0 aromatic heterocycles. The number of hydrogen-bond donors (Lipinski definition) is 0. The Balaban J connectivity index is 2.78. The number of carbonyl (C=O) groups is 1. The average Bonchev–Trinajstić information content (AvgIpc) is 2.11. The quantitative estimate of drug-likeness (QED) is 0.714. The Labute approximate surface area is 83.3 Å². The van der Waals surface area contributed by atoms with Crippen LogP contribution in [0.3, 0.4) is 0 Å². The van der Waals surface area contributed by atoms with Gasteiger partial charge in [-0.3, -0.25) is 0 Å². The maximum atomic E-state index is 10.4. The zero-order valence-electron chi connectivity index (χ0n) is 8.53. The fraction of sp³-hybridized carbons (Fsp3) is 0.364. The van der Waals surface area contributed by atoms with Crippen LogP contribution in [-0.2, 0) is 4.79 Å². The van der Waals surface area contributed by atoms with Crippen LogP contribution in [0.25, 0.3) is 0 Å². The molecule has 0 aliphatic carbocycles. The van der Waals surface area contributed by atoms with E-state index in [1.807, 2.05) is 26.0 Å². The Bertz CT molecular complexity index is 344. The smallest absolute Gasteiger partial charge is 0.135 e. The molecule has 0 fully saturated rings. The first-order chi connectivity index (χ1) is 6.50. The van der Waals surface area contributed by atoms with Gasteiger partial charge in [0.2, 0.25) is 0 Å². The van der Waals surface area contributed by atoms with Crippen molar-refractivity contribution in [1.82, 2.24) is 0 Å². The van der Waals surface area contributed by atoms with Crippen LogP contribution in [-0.4, -0.2) is 12.1 Å². The molecule has 0 radical (unpaired) electrons. The second-order valence-corrected chi connectivity index (χ2v) is 3.33. The van der Waals surface area contributed by atoms with Gasteiger partial charge in [-0.2, -0.15) is 0 Å². The molecule has 0 bridgehead atoms. The lowest BCUT2D eigenvalue weighted by Crippen LogP contribution is -2.37. The molecule has 0 unspecified atom stereocenters. The molecule has 0 aliphatic heterocycles. The van der Waals surface area contributed by atoms with E-state index in [4.69, 9.17) is 4.74 Å². The summed E-state index contributed by atoms with van der Waals surface area (Å²) in [6.45, 7) is 5.39. The molecule has 3 heteroatoms. The summed E-state index contributed by atoms with van der Waals surface area (Å²) in [5.41, 5.74) is 2.23. The Kier molecular flexibility index (Phi) is 3.12. The highest BCUT2D eigenvalue weighted by molar-refractivity contribution is 5.69. The minimum atomic E-state index is -1.21. The summed E-state index contributed by atoms with van der Waals surface area (Å²) >= 11 is 0. The Morgan fingerprint density at radius 1 is 1.36 bits per heavy atom. The molecule has 1 rings (SSSR count). The summed E-state index contributed by atoms with van der Waals surface area (Å²) in [6, 6.07) is 5.46. The van der Waals surface area contributed by atoms with Gasteiger partial charge < -0.3 is 14.6 Å². The monoisotopic (exact) mass is 193 g/mol. The van der Waals surface area contributed by atoms with Crippen molar-refractivity contribution in [3.8, 4) is 5.75 Å². The van der Waals surface area contributed by atoms with Crippen LogP contribution in [0.2, 0.25) is 0 Å². The van der Waals surface area contributed by atoms with E-state index >= 15 is 0 Å². The van der Waals surface area contributed by atoms with Gasteiger partial charge in [0.15, 0.2) is 0 Å². The summed E-state index contributed by atoms with van der Waals surface area (Å²) in [5.74, 6) is -0.645. The lowest BCUT2D eigenvalue weighted by atomic mass is 10.1. The van der Waals surface area contributed by atoms with E-state index in [0.29, 0.717) is 5.75 Å². The fourth-order valence-electron chi connectivity index (χ4n) is 1.04. The molecule has 0 aliphatic rings. The van der Waals surface area contributed by atoms with E-state index in [2.05, 4.69) is 0 Å². The van der Waals surface area contributed by atoms with Crippen LogP contribution in [0.4, 0.5) is 0 Å². The van der Waals surface area contributed by atoms with Gasteiger partial charge in [-0.1, -0.05) is 6.07 Å². The highest BCUT2D eigenvalue weighted by Gasteiger charge is 2.04. The van der Waals surface area contributed by atoms with Crippen LogP contribution in [0.15, 0.2) is 18.2 Å². The predicted octanol–water partition coefficient (Wildman–Crippen LogP) is 0.821. The number of aryl methyl sites for hydroxylation is 2. The predicted molar refractivity (Wildman–Crippen MR) is 51.0 cm³/mol. The van der Waals surface area contributed by atoms with Crippen molar-refractivity contribution in [2.45, 2.75) is 26.9 Å². The van der Waals surface area contributed by atoms with Crippen molar-refractivity contribution >= 4 is 5.97 Å². The molecule has 0 heterocycles. The van der Waals surface area contributed by atoms with Crippen molar-refractivity contribution in [1.29, 1.82) is 0 Å². The highest BCUT2D eigenvalue weighted by Crippen LogP contribution is 2.17. The van der Waals surface area contributed by atoms with E-state index in [-0.39, 0.29) is 0 Å². The van der Waals surface area contributed by atoms with E-state index in [1.165, 1.54) is 6.92 Å². The third-order valence-corrected chi connectivity index (χ3v) is 2.12. The SMILES string of the molecule is Cc1ccc(O[C@@H](C)C(=O)[O-])cc1C. The summed E-state index contributed by atoms with van der Waals surface area (Å²) in [5, 5.41) is 10.4. The molecule has 1 atom stereocenters. The minimum Gasteiger partial charge on any atom is -0.546 e. The van der Waals surface area contributed by atoms with Gasteiger partial charge in [-0.15, -0.1) is 0 Å². The van der Waals surface area contributed by atoms with Crippen molar-refractivity contribution in [2.24, 2.45) is 0 Å². The number of carbonyl (C=O) groups excluding carboxylic acids is 1. The zero-order valence-corrected chi connectivity index (χ0v) is 8.53. The highest BCUT2D eigenvalue weighted by atomic mass is 16.5. The molecule has 1 aromatic carbocycles. The van der Waals surface area contributed by atoms with Crippen LogP contribution < -0.4 is 9.84 Å². The van der Waals surface area contributed by atoms with Gasteiger partial charge in [0.1, 0.15) is 11.9 Å². The molecule has 0 spiro atoms. The zero-order chi connectivity index (χ0) is 10.7. The summed E-state index contributed by atoms with van der Waals surface area (Å²) in [6.07, 6.45) is -0.919. The number of ether oxygens (including phenoxy) is 1. The van der Waals surface area contributed by atoms with Crippen molar-refractivity contribution in [3.63, 3.8) is 0 Å². The molecule has 0 N–H and O–H groups in total. The Morgan fingerprint density at radius 2 is 2.00 bits per heavy atom. The van der Waals surface area contributed by atoms with E-state index in [0.717, 1.165) is 11.1 Å². The normalized spacial score (nSPS) is 12.2. The van der Waals surface area contributed by atoms with Gasteiger partial charge in [0.25, 0.3) is 0 Å². The second-order valence-electron chi connectivity index (χ2n) is 3.33. The molecule has 3 nitrogen and oxygen atoms in total. The van der Waals surface area contributed by atoms with Crippen LogP contribution >= 0.6 is 0 Å².